The molecule has 0 fully saturated rings. The third kappa shape index (κ3) is 7.37. The van der Waals surface area contributed by atoms with Crippen LogP contribution in [0.25, 0.3) is 0 Å². The first-order valence-electron chi connectivity index (χ1n) is 7.25. The lowest BCUT2D eigenvalue weighted by Gasteiger charge is -2.06. The molecule has 1 heterocycles. The Hall–Kier alpha value is -0.470. The maximum absolute atomic E-state index is 12.1. The van der Waals surface area contributed by atoms with Crippen LogP contribution >= 0.6 is 11.3 Å². The van der Waals surface area contributed by atoms with Gasteiger partial charge in [0.05, 0.1) is 0 Å². The van der Waals surface area contributed by atoms with Crippen LogP contribution in [-0.4, -0.2) is 34.7 Å². The maximum atomic E-state index is 12.1. The van der Waals surface area contributed by atoms with E-state index in [9.17, 15) is 8.42 Å². The third-order valence-electron chi connectivity index (χ3n) is 2.93. The molecule has 122 valence electrons. The molecule has 21 heavy (non-hydrogen) atoms. The molecular weight excluding hydrogens is 308 g/mol. The highest BCUT2D eigenvalue weighted by molar-refractivity contribution is 7.91. The van der Waals surface area contributed by atoms with Crippen molar-refractivity contribution in [1.29, 1.82) is 0 Å². The predicted octanol–water partition coefficient (Wildman–Crippen LogP) is 2.34. The first-order chi connectivity index (χ1) is 9.95. The second-order valence-electron chi connectivity index (χ2n) is 5.26. The molecular formula is C14H26N2O3S2. The molecule has 0 aliphatic rings. The normalized spacial score (nSPS) is 12.2. The third-order valence-corrected chi connectivity index (χ3v) is 5.88. The highest BCUT2D eigenvalue weighted by Crippen LogP contribution is 2.20. The van der Waals surface area contributed by atoms with Crippen LogP contribution in [0.2, 0.25) is 0 Å². The van der Waals surface area contributed by atoms with E-state index in [2.05, 4.69) is 23.9 Å². The van der Waals surface area contributed by atoms with Gasteiger partial charge in [-0.3, -0.25) is 0 Å². The monoisotopic (exact) mass is 334 g/mol. The van der Waals surface area contributed by atoms with Crippen LogP contribution in [0.15, 0.2) is 15.7 Å². The minimum atomic E-state index is -3.36. The molecule has 0 spiro atoms. The zero-order valence-corrected chi connectivity index (χ0v) is 14.6. The van der Waals surface area contributed by atoms with Gasteiger partial charge in [0.25, 0.3) is 0 Å². The molecule has 5 nitrogen and oxygen atoms in total. The van der Waals surface area contributed by atoms with E-state index >= 15 is 0 Å². The number of ether oxygens (including phenoxy) is 1. The van der Waals surface area contributed by atoms with Crippen molar-refractivity contribution >= 4 is 21.4 Å². The molecule has 1 aromatic heterocycles. The molecule has 7 heteroatoms. The Morgan fingerprint density at radius 1 is 1.29 bits per heavy atom. The molecule has 0 bridgehead atoms. The van der Waals surface area contributed by atoms with Gasteiger partial charge in [0.1, 0.15) is 4.21 Å². The lowest BCUT2D eigenvalue weighted by molar-refractivity contribution is 0.192. The van der Waals surface area contributed by atoms with Crippen LogP contribution in [0.5, 0.6) is 0 Å². The van der Waals surface area contributed by atoms with Gasteiger partial charge in [-0.25, -0.2) is 13.1 Å². The largest absolute Gasteiger partial charge is 0.385 e. The van der Waals surface area contributed by atoms with Gasteiger partial charge >= 0.3 is 0 Å². The van der Waals surface area contributed by atoms with Gasteiger partial charge in [-0.1, -0.05) is 13.8 Å². The van der Waals surface area contributed by atoms with Crippen LogP contribution in [-0.2, 0) is 21.3 Å². The van der Waals surface area contributed by atoms with E-state index in [-0.39, 0.29) is 0 Å². The Morgan fingerprint density at radius 3 is 2.71 bits per heavy atom. The second-order valence-corrected chi connectivity index (χ2v) is 8.17. The summed E-state index contributed by atoms with van der Waals surface area (Å²) in [6.45, 7) is 6.03. The van der Waals surface area contributed by atoms with Gasteiger partial charge in [-0.15, -0.1) is 11.3 Å². The van der Waals surface area contributed by atoms with E-state index in [4.69, 9.17) is 4.74 Å². The summed E-state index contributed by atoms with van der Waals surface area (Å²) in [4.78, 5) is 0. The number of sulfonamides is 1. The Kier molecular flexibility index (Phi) is 8.43. The van der Waals surface area contributed by atoms with E-state index in [0.717, 1.165) is 31.4 Å². The van der Waals surface area contributed by atoms with Crippen LogP contribution in [0.4, 0.5) is 0 Å². The number of unbranched alkanes of at least 4 members (excludes halogenated alkanes) is 2. The van der Waals surface area contributed by atoms with E-state index < -0.39 is 10.0 Å². The molecule has 2 N–H and O–H groups in total. The first-order valence-corrected chi connectivity index (χ1v) is 9.61. The Balaban J connectivity index is 2.40. The maximum Gasteiger partial charge on any atom is 0.250 e. The van der Waals surface area contributed by atoms with Crippen molar-refractivity contribution in [1.82, 2.24) is 10.0 Å². The summed E-state index contributed by atoms with van der Waals surface area (Å²) in [5.41, 5.74) is 1.01. The van der Waals surface area contributed by atoms with Gasteiger partial charge in [0, 0.05) is 32.8 Å². The zero-order chi connectivity index (χ0) is 15.7. The number of nitrogens with one attached hydrogen (secondary N) is 2. The number of hydrogen-bond donors (Lipinski definition) is 2. The van der Waals surface area contributed by atoms with Crippen molar-refractivity contribution in [2.24, 2.45) is 0 Å². The van der Waals surface area contributed by atoms with Gasteiger partial charge in [-0.2, -0.15) is 0 Å². The van der Waals surface area contributed by atoms with Crippen LogP contribution in [0.3, 0.4) is 0 Å². The molecule has 0 radical (unpaired) electrons. The quantitative estimate of drug-likeness (QED) is 0.610. The summed E-state index contributed by atoms with van der Waals surface area (Å²) in [6.07, 6.45) is 2.75. The smallest absolute Gasteiger partial charge is 0.250 e. The molecule has 0 saturated carbocycles. The summed E-state index contributed by atoms with van der Waals surface area (Å²) in [5, 5.41) is 5.17. The van der Waals surface area contributed by atoms with Gasteiger partial charge in [-0.05, 0) is 36.3 Å². The van der Waals surface area contributed by atoms with E-state index in [0.29, 0.717) is 23.3 Å². The Bertz CT molecular complexity index is 498. The van der Waals surface area contributed by atoms with Gasteiger partial charge in [0.2, 0.25) is 10.0 Å². The lowest BCUT2D eigenvalue weighted by Crippen LogP contribution is -2.24. The van der Waals surface area contributed by atoms with Crippen LogP contribution < -0.4 is 10.0 Å². The second kappa shape index (κ2) is 9.53. The van der Waals surface area contributed by atoms with Crippen molar-refractivity contribution in [2.75, 3.05) is 20.3 Å². The predicted molar refractivity (Wildman–Crippen MR) is 87.2 cm³/mol. The first kappa shape index (κ1) is 18.6. The topological polar surface area (TPSA) is 67.4 Å². The fraction of sp³-hybridized carbons (Fsp3) is 0.714. The van der Waals surface area contributed by atoms with Crippen molar-refractivity contribution < 1.29 is 13.2 Å². The van der Waals surface area contributed by atoms with Crippen molar-refractivity contribution in [3.63, 3.8) is 0 Å². The minimum absolute atomic E-state index is 0.384. The van der Waals surface area contributed by atoms with Crippen LogP contribution in [0, 0.1) is 0 Å². The SMILES string of the molecule is COCCCCCNS(=O)(=O)c1cc(CNC(C)C)cs1. The van der Waals surface area contributed by atoms with Crippen molar-refractivity contribution in [3.8, 4) is 0 Å². The molecule has 0 aliphatic carbocycles. The molecule has 0 aromatic carbocycles. The van der Waals surface area contributed by atoms with Crippen molar-refractivity contribution in [3.05, 3.63) is 17.0 Å². The number of methoxy groups -OCH3 is 1. The summed E-state index contributed by atoms with van der Waals surface area (Å²) in [5.74, 6) is 0. The highest BCUT2D eigenvalue weighted by Gasteiger charge is 2.16. The average molecular weight is 335 g/mol. The van der Waals surface area contributed by atoms with E-state index in [1.165, 1.54) is 11.3 Å². The fourth-order valence-corrected chi connectivity index (χ4v) is 4.06. The van der Waals surface area contributed by atoms with Crippen molar-refractivity contribution in [2.45, 2.75) is 49.9 Å². The standard InChI is InChI=1S/C14H26N2O3S2/c1-12(2)15-10-13-9-14(20-11-13)21(17,18)16-7-5-4-6-8-19-3/h9,11-12,15-16H,4-8,10H2,1-3H3. The fourth-order valence-electron chi connectivity index (χ4n) is 1.73. The molecule has 0 atom stereocenters. The van der Waals surface area contributed by atoms with Gasteiger partial charge in [0.15, 0.2) is 0 Å². The summed E-state index contributed by atoms with van der Waals surface area (Å²) >= 11 is 1.27. The van der Waals surface area contributed by atoms with E-state index in [1.54, 1.807) is 13.2 Å². The molecule has 0 unspecified atom stereocenters. The number of rotatable bonds is 11. The highest BCUT2D eigenvalue weighted by atomic mass is 32.2. The Labute approximate surface area is 132 Å². The van der Waals surface area contributed by atoms with Gasteiger partial charge < -0.3 is 10.1 Å². The van der Waals surface area contributed by atoms with Crippen LogP contribution in [0.1, 0.15) is 38.7 Å². The molecule has 1 rings (SSSR count). The summed E-state index contributed by atoms with van der Waals surface area (Å²) < 4.78 is 32.3. The molecule has 0 saturated heterocycles. The molecule has 0 aliphatic heterocycles. The molecule has 1 aromatic rings. The lowest BCUT2D eigenvalue weighted by atomic mass is 10.2. The Morgan fingerprint density at radius 2 is 2.05 bits per heavy atom. The summed E-state index contributed by atoms with van der Waals surface area (Å²) in [6, 6.07) is 2.13. The number of thiophene rings is 1. The minimum Gasteiger partial charge on any atom is -0.385 e. The molecule has 0 amide bonds. The zero-order valence-electron chi connectivity index (χ0n) is 13.0. The van der Waals surface area contributed by atoms with E-state index in [1.807, 2.05) is 5.38 Å². The summed E-state index contributed by atoms with van der Waals surface area (Å²) in [7, 11) is -1.69. The average Bonchev–Trinajstić information content (AvgIpc) is 2.90. The number of hydrogen-bond acceptors (Lipinski definition) is 5.